The lowest BCUT2D eigenvalue weighted by atomic mass is 10.0. The second kappa shape index (κ2) is 6.12. The van der Waals surface area contributed by atoms with Gasteiger partial charge >= 0.3 is 0 Å². The van der Waals surface area contributed by atoms with Crippen LogP contribution < -0.4 is 4.74 Å². The molecule has 3 rings (SSSR count). The lowest BCUT2D eigenvalue weighted by molar-refractivity contribution is -0.0450. The van der Waals surface area contributed by atoms with E-state index in [1.54, 1.807) is 7.11 Å². The number of ether oxygens (including phenoxy) is 3. The van der Waals surface area contributed by atoms with Crippen LogP contribution in [-0.2, 0) is 9.47 Å². The van der Waals surface area contributed by atoms with E-state index in [1.165, 1.54) is 0 Å². The number of aliphatic hydroxyl groups excluding tert-OH is 1. The highest BCUT2D eigenvalue weighted by Crippen LogP contribution is 2.40. The van der Waals surface area contributed by atoms with Crippen molar-refractivity contribution >= 4 is 0 Å². The Bertz CT molecular complexity index is 436. The molecule has 0 aromatic heterocycles. The summed E-state index contributed by atoms with van der Waals surface area (Å²) in [7, 11) is 1.64. The average molecular weight is 278 g/mol. The first-order chi connectivity index (χ1) is 9.81. The molecule has 4 heteroatoms. The zero-order chi connectivity index (χ0) is 13.9. The Kier molecular flexibility index (Phi) is 4.24. The van der Waals surface area contributed by atoms with Crippen molar-refractivity contribution in [3.63, 3.8) is 0 Å². The molecule has 0 radical (unpaired) electrons. The van der Waals surface area contributed by atoms with Gasteiger partial charge in [-0.25, -0.2) is 0 Å². The highest BCUT2D eigenvalue weighted by molar-refractivity contribution is 5.35. The third kappa shape index (κ3) is 2.68. The molecule has 1 saturated carbocycles. The van der Waals surface area contributed by atoms with Crippen LogP contribution in [0.25, 0.3) is 0 Å². The van der Waals surface area contributed by atoms with E-state index in [9.17, 15) is 5.11 Å². The van der Waals surface area contributed by atoms with Gasteiger partial charge in [-0.15, -0.1) is 0 Å². The molecule has 1 heterocycles. The van der Waals surface area contributed by atoms with E-state index in [1.807, 2.05) is 24.3 Å². The Labute approximate surface area is 119 Å². The summed E-state index contributed by atoms with van der Waals surface area (Å²) >= 11 is 0. The quantitative estimate of drug-likeness (QED) is 0.896. The highest BCUT2D eigenvalue weighted by Gasteiger charge is 2.39. The highest BCUT2D eigenvalue weighted by atomic mass is 16.5. The second-order valence-electron chi connectivity index (χ2n) is 5.70. The summed E-state index contributed by atoms with van der Waals surface area (Å²) in [4.78, 5) is 0. The van der Waals surface area contributed by atoms with Crippen molar-refractivity contribution in [1.82, 2.24) is 0 Å². The van der Waals surface area contributed by atoms with Crippen LogP contribution in [0.2, 0.25) is 0 Å². The standard InChI is InChI=1S/C16H22O4/c1-18-15-5-3-2-4-14(15)16(8-17)20-13-6-11-9-19-10-12(11)7-13/h2-5,11-13,16-17H,6-10H2,1H3/t11-,12-,16+/m1/s1. The summed E-state index contributed by atoms with van der Waals surface area (Å²) in [5.41, 5.74) is 0.922. The summed E-state index contributed by atoms with van der Waals surface area (Å²) in [6.45, 7) is 1.70. The van der Waals surface area contributed by atoms with E-state index in [0.29, 0.717) is 11.8 Å². The minimum Gasteiger partial charge on any atom is -0.496 e. The predicted octanol–water partition coefficient (Wildman–Crippen LogP) is 2.17. The van der Waals surface area contributed by atoms with E-state index in [-0.39, 0.29) is 18.8 Å². The Morgan fingerprint density at radius 3 is 2.60 bits per heavy atom. The number of hydrogen-bond acceptors (Lipinski definition) is 4. The first-order valence-corrected chi connectivity index (χ1v) is 7.28. The van der Waals surface area contributed by atoms with Crippen LogP contribution in [0, 0.1) is 11.8 Å². The molecule has 0 unspecified atom stereocenters. The van der Waals surface area contributed by atoms with Crippen LogP contribution in [0.3, 0.4) is 0 Å². The van der Waals surface area contributed by atoms with Gasteiger partial charge in [-0.2, -0.15) is 0 Å². The maximum atomic E-state index is 9.66. The molecule has 1 N–H and O–H groups in total. The van der Waals surface area contributed by atoms with E-state index in [0.717, 1.165) is 37.4 Å². The Morgan fingerprint density at radius 1 is 1.25 bits per heavy atom. The molecule has 1 aliphatic heterocycles. The summed E-state index contributed by atoms with van der Waals surface area (Å²) in [6.07, 6.45) is 1.99. The molecule has 0 spiro atoms. The van der Waals surface area contributed by atoms with Crippen molar-refractivity contribution in [1.29, 1.82) is 0 Å². The predicted molar refractivity (Wildman–Crippen MR) is 74.7 cm³/mol. The van der Waals surface area contributed by atoms with Crippen molar-refractivity contribution in [3.05, 3.63) is 29.8 Å². The molecule has 4 nitrogen and oxygen atoms in total. The molecule has 20 heavy (non-hydrogen) atoms. The van der Waals surface area contributed by atoms with Crippen LogP contribution in [0.5, 0.6) is 5.75 Å². The van der Waals surface area contributed by atoms with E-state index < -0.39 is 0 Å². The van der Waals surface area contributed by atoms with Crippen molar-refractivity contribution in [2.75, 3.05) is 26.9 Å². The normalized spacial score (nSPS) is 27.5. The fraction of sp³-hybridized carbons (Fsp3) is 0.625. The number of rotatable bonds is 5. The van der Waals surface area contributed by atoms with Gasteiger partial charge in [0, 0.05) is 18.8 Å². The van der Waals surface area contributed by atoms with Gasteiger partial charge < -0.3 is 19.3 Å². The topological polar surface area (TPSA) is 47.9 Å². The molecule has 1 aliphatic carbocycles. The van der Waals surface area contributed by atoms with E-state index >= 15 is 0 Å². The zero-order valence-electron chi connectivity index (χ0n) is 11.8. The molecule has 0 amide bonds. The van der Waals surface area contributed by atoms with Crippen molar-refractivity contribution in [3.8, 4) is 5.75 Å². The zero-order valence-corrected chi connectivity index (χ0v) is 11.8. The number of methoxy groups -OCH3 is 1. The van der Waals surface area contributed by atoms with Crippen LogP contribution in [0.15, 0.2) is 24.3 Å². The van der Waals surface area contributed by atoms with Crippen molar-refractivity contribution in [2.45, 2.75) is 25.0 Å². The third-order valence-corrected chi connectivity index (χ3v) is 4.47. The Hall–Kier alpha value is -1.10. The van der Waals surface area contributed by atoms with Gasteiger partial charge in [-0.1, -0.05) is 18.2 Å². The number of aliphatic hydroxyl groups is 1. The largest absolute Gasteiger partial charge is 0.496 e. The average Bonchev–Trinajstić information content (AvgIpc) is 3.05. The van der Waals surface area contributed by atoms with Gasteiger partial charge in [-0.3, -0.25) is 0 Å². The van der Waals surface area contributed by atoms with Gasteiger partial charge in [0.25, 0.3) is 0 Å². The van der Waals surface area contributed by atoms with Gasteiger partial charge in [0.1, 0.15) is 11.9 Å². The van der Waals surface area contributed by atoms with Gasteiger partial charge in [0.2, 0.25) is 0 Å². The molecule has 1 aromatic carbocycles. The molecule has 3 atom stereocenters. The van der Waals surface area contributed by atoms with Crippen molar-refractivity contribution in [2.24, 2.45) is 11.8 Å². The maximum Gasteiger partial charge on any atom is 0.124 e. The molecule has 1 saturated heterocycles. The first-order valence-electron chi connectivity index (χ1n) is 7.28. The molecule has 1 aromatic rings. The van der Waals surface area contributed by atoms with Crippen molar-refractivity contribution < 1.29 is 19.3 Å². The fourth-order valence-corrected chi connectivity index (χ4v) is 3.43. The maximum absolute atomic E-state index is 9.66. The first kappa shape index (κ1) is 13.9. The minimum absolute atomic E-state index is 0.0251. The van der Waals surface area contributed by atoms with E-state index in [4.69, 9.17) is 14.2 Å². The fourth-order valence-electron chi connectivity index (χ4n) is 3.43. The second-order valence-corrected chi connectivity index (χ2v) is 5.70. The number of para-hydroxylation sites is 1. The molecule has 110 valence electrons. The van der Waals surface area contributed by atoms with Gasteiger partial charge in [0.05, 0.1) is 19.8 Å². The monoisotopic (exact) mass is 278 g/mol. The molecule has 2 aliphatic rings. The van der Waals surface area contributed by atoms with Crippen LogP contribution in [0.4, 0.5) is 0 Å². The van der Waals surface area contributed by atoms with Crippen LogP contribution >= 0.6 is 0 Å². The lowest BCUT2D eigenvalue weighted by Crippen LogP contribution is -2.18. The summed E-state index contributed by atoms with van der Waals surface area (Å²) in [5.74, 6) is 2.04. The molecular formula is C16H22O4. The summed E-state index contributed by atoms with van der Waals surface area (Å²) < 4.78 is 17.0. The SMILES string of the molecule is COc1ccccc1[C@H](CO)OC1C[C@@H]2COC[C@H]2C1. The number of fused-ring (bicyclic) bond motifs is 1. The van der Waals surface area contributed by atoms with Crippen LogP contribution in [-0.4, -0.2) is 38.1 Å². The summed E-state index contributed by atoms with van der Waals surface area (Å²) in [5, 5.41) is 9.66. The van der Waals surface area contributed by atoms with Crippen LogP contribution in [0.1, 0.15) is 24.5 Å². The van der Waals surface area contributed by atoms with E-state index in [2.05, 4.69) is 0 Å². The third-order valence-electron chi connectivity index (χ3n) is 4.47. The Balaban J connectivity index is 1.68. The van der Waals surface area contributed by atoms with Gasteiger partial charge in [0.15, 0.2) is 0 Å². The summed E-state index contributed by atoms with van der Waals surface area (Å²) in [6, 6.07) is 7.73. The lowest BCUT2D eigenvalue weighted by Gasteiger charge is -2.23. The molecule has 2 fully saturated rings. The minimum atomic E-state index is -0.309. The van der Waals surface area contributed by atoms with Gasteiger partial charge in [-0.05, 0) is 30.7 Å². The number of benzene rings is 1. The molecular weight excluding hydrogens is 256 g/mol. The Morgan fingerprint density at radius 2 is 1.95 bits per heavy atom. The molecule has 0 bridgehead atoms. The number of hydrogen-bond donors (Lipinski definition) is 1. The smallest absolute Gasteiger partial charge is 0.124 e.